The number of aliphatic hydroxyl groups excluding tert-OH is 1. The molecule has 0 spiro atoms. The molecule has 2 heteroatoms. The van der Waals surface area contributed by atoms with Gasteiger partial charge >= 0.3 is 0 Å². The molecule has 22 heavy (non-hydrogen) atoms. The van der Waals surface area contributed by atoms with E-state index in [0.29, 0.717) is 5.76 Å². The first kappa shape index (κ1) is 13.0. The zero-order chi connectivity index (χ0) is 15.1. The Bertz CT molecular complexity index is 893. The van der Waals surface area contributed by atoms with Crippen LogP contribution in [0.1, 0.15) is 22.6 Å². The fraction of sp³-hybridized carbons (Fsp3) is 0.100. The Morgan fingerprint density at radius 3 is 2.50 bits per heavy atom. The van der Waals surface area contributed by atoms with Gasteiger partial charge in [0.25, 0.3) is 0 Å². The monoisotopic (exact) mass is 288 g/mol. The van der Waals surface area contributed by atoms with Crippen molar-refractivity contribution in [1.29, 1.82) is 0 Å². The van der Waals surface area contributed by atoms with Crippen LogP contribution in [0.15, 0.2) is 72.5 Å². The normalized spacial score (nSPS) is 17.1. The maximum atomic E-state index is 10.5. The summed E-state index contributed by atoms with van der Waals surface area (Å²) in [5.74, 6) is 0.224. The van der Waals surface area contributed by atoms with Crippen molar-refractivity contribution in [2.75, 3.05) is 0 Å². The third-order valence-electron chi connectivity index (χ3n) is 4.43. The molecule has 4 rings (SSSR count). The second-order valence-electron chi connectivity index (χ2n) is 5.68. The number of aliphatic hydroxyl groups is 1. The summed E-state index contributed by atoms with van der Waals surface area (Å²) in [6.45, 7) is 0. The van der Waals surface area contributed by atoms with E-state index in [1.807, 2.05) is 54.6 Å². The van der Waals surface area contributed by atoms with Crippen molar-refractivity contribution in [2.45, 2.75) is 12.3 Å². The first-order valence-electron chi connectivity index (χ1n) is 7.43. The first-order chi connectivity index (χ1) is 10.8. The number of fused-ring (bicyclic) bond motifs is 2. The summed E-state index contributed by atoms with van der Waals surface area (Å²) in [6.07, 6.45) is 2.57. The topological polar surface area (TPSA) is 40.5 Å². The van der Waals surface area contributed by atoms with Crippen molar-refractivity contribution in [3.05, 3.63) is 89.2 Å². The molecule has 0 fully saturated rings. The third-order valence-corrected chi connectivity index (χ3v) is 4.43. The van der Waals surface area contributed by atoms with E-state index in [1.54, 1.807) is 6.07 Å². The molecule has 2 nitrogen and oxygen atoms in total. The molecule has 3 aromatic rings. The lowest BCUT2D eigenvalue weighted by Crippen LogP contribution is -2.12. The van der Waals surface area contributed by atoms with Crippen LogP contribution in [-0.4, -0.2) is 10.2 Å². The lowest BCUT2D eigenvalue weighted by Gasteiger charge is -2.26. The van der Waals surface area contributed by atoms with Gasteiger partial charge < -0.3 is 10.2 Å². The van der Waals surface area contributed by atoms with E-state index in [1.165, 1.54) is 5.56 Å². The van der Waals surface area contributed by atoms with Gasteiger partial charge in [-0.05, 0) is 40.5 Å². The number of phenolic OH excluding ortho intramolecular Hbond substituents is 1. The van der Waals surface area contributed by atoms with Crippen molar-refractivity contribution in [3.63, 3.8) is 0 Å². The quantitative estimate of drug-likeness (QED) is 0.683. The lowest BCUT2D eigenvalue weighted by molar-refractivity contribution is 0.371. The number of allylic oxidation sites excluding steroid dienone is 2. The van der Waals surface area contributed by atoms with Gasteiger partial charge in [0, 0.05) is 5.56 Å². The van der Waals surface area contributed by atoms with E-state index < -0.39 is 0 Å². The summed E-state index contributed by atoms with van der Waals surface area (Å²) in [6, 6.07) is 19.7. The molecule has 2 N–H and O–H groups in total. The minimum absolute atomic E-state index is 0.223. The van der Waals surface area contributed by atoms with Crippen molar-refractivity contribution < 1.29 is 10.2 Å². The molecule has 0 amide bonds. The third kappa shape index (κ3) is 1.88. The predicted octanol–water partition coefficient (Wildman–Crippen LogP) is 4.68. The van der Waals surface area contributed by atoms with E-state index >= 15 is 0 Å². The van der Waals surface area contributed by atoms with Gasteiger partial charge in [-0.15, -0.1) is 0 Å². The highest BCUT2D eigenvalue weighted by molar-refractivity contribution is 5.89. The summed E-state index contributed by atoms with van der Waals surface area (Å²) in [5.41, 5.74) is 3.03. The molecule has 0 heterocycles. The van der Waals surface area contributed by atoms with Gasteiger partial charge in [0.2, 0.25) is 0 Å². The van der Waals surface area contributed by atoms with Crippen molar-refractivity contribution in [3.8, 4) is 5.75 Å². The Labute approximate surface area is 129 Å². The number of hydrogen-bond acceptors (Lipinski definition) is 2. The van der Waals surface area contributed by atoms with Gasteiger partial charge in [-0.3, -0.25) is 0 Å². The van der Waals surface area contributed by atoms with Crippen LogP contribution in [-0.2, 0) is 6.42 Å². The van der Waals surface area contributed by atoms with Crippen molar-refractivity contribution in [2.24, 2.45) is 0 Å². The molecule has 0 aliphatic heterocycles. The number of phenols is 1. The molecule has 3 aromatic carbocycles. The Morgan fingerprint density at radius 1 is 0.818 bits per heavy atom. The van der Waals surface area contributed by atoms with Crippen molar-refractivity contribution >= 4 is 10.8 Å². The summed E-state index contributed by atoms with van der Waals surface area (Å²) < 4.78 is 0. The predicted molar refractivity (Wildman–Crippen MR) is 88.3 cm³/mol. The van der Waals surface area contributed by atoms with E-state index in [0.717, 1.165) is 28.3 Å². The summed E-state index contributed by atoms with van der Waals surface area (Å²) in [4.78, 5) is 0. The van der Waals surface area contributed by atoms with Gasteiger partial charge in [0.1, 0.15) is 11.5 Å². The molecule has 1 aliphatic rings. The highest BCUT2D eigenvalue weighted by Crippen LogP contribution is 2.43. The van der Waals surface area contributed by atoms with Crippen LogP contribution in [0.2, 0.25) is 0 Å². The second kappa shape index (κ2) is 4.92. The Kier molecular flexibility index (Phi) is 2.90. The van der Waals surface area contributed by atoms with E-state index in [9.17, 15) is 10.2 Å². The van der Waals surface area contributed by atoms with Gasteiger partial charge in [0.05, 0.1) is 5.92 Å². The zero-order valence-electron chi connectivity index (χ0n) is 12.0. The highest BCUT2D eigenvalue weighted by atomic mass is 16.3. The average molecular weight is 288 g/mol. The number of hydrogen-bond donors (Lipinski definition) is 2. The second-order valence-corrected chi connectivity index (χ2v) is 5.68. The van der Waals surface area contributed by atoms with Crippen LogP contribution in [0, 0.1) is 0 Å². The van der Waals surface area contributed by atoms with E-state index in [4.69, 9.17) is 0 Å². The standard InChI is InChI=1S/C20H16O2/c21-17-11-9-13-5-1-3-7-15(13)19(17)20-16-8-4-2-6-14(16)10-12-18(20)22/h1-9,11-12,20-22H,10H2. The maximum Gasteiger partial charge on any atom is 0.120 e. The molecular formula is C20H16O2. The molecule has 1 unspecified atom stereocenters. The van der Waals surface area contributed by atoms with Gasteiger partial charge in [0.15, 0.2) is 0 Å². The highest BCUT2D eigenvalue weighted by Gasteiger charge is 2.28. The van der Waals surface area contributed by atoms with Crippen LogP contribution in [0.3, 0.4) is 0 Å². The first-order valence-corrected chi connectivity index (χ1v) is 7.43. The largest absolute Gasteiger partial charge is 0.512 e. The minimum Gasteiger partial charge on any atom is -0.512 e. The van der Waals surface area contributed by atoms with Crippen molar-refractivity contribution in [1.82, 2.24) is 0 Å². The zero-order valence-corrected chi connectivity index (χ0v) is 12.0. The van der Waals surface area contributed by atoms with Crippen LogP contribution in [0.25, 0.3) is 10.8 Å². The molecule has 1 aliphatic carbocycles. The van der Waals surface area contributed by atoms with Crippen LogP contribution >= 0.6 is 0 Å². The Hall–Kier alpha value is -2.74. The van der Waals surface area contributed by atoms with Gasteiger partial charge in [-0.1, -0.05) is 54.6 Å². The molecule has 0 radical (unpaired) electrons. The molecule has 0 bridgehead atoms. The molecule has 0 saturated carbocycles. The summed E-state index contributed by atoms with van der Waals surface area (Å²) in [7, 11) is 0. The fourth-order valence-corrected chi connectivity index (χ4v) is 3.38. The molecule has 108 valence electrons. The van der Waals surface area contributed by atoms with E-state index in [2.05, 4.69) is 6.07 Å². The summed E-state index contributed by atoms with van der Waals surface area (Å²) >= 11 is 0. The SMILES string of the molecule is OC1=CCc2ccccc2C1c1c(O)ccc2ccccc12. The molecular weight excluding hydrogens is 272 g/mol. The molecule has 0 saturated heterocycles. The number of aromatic hydroxyl groups is 1. The summed E-state index contributed by atoms with van der Waals surface area (Å²) in [5, 5.41) is 23.0. The molecule has 1 atom stereocenters. The number of rotatable bonds is 1. The average Bonchev–Trinajstić information content (AvgIpc) is 2.56. The Balaban J connectivity index is 2.04. The van der Waals surface area contributed by atoms with E-state index in [-0.39, 0.29) is 11.7 Å². The smallest absolute Gasteiger partial charge is 0.120 e. The fourth-order valence-electron chi connectivity index (χ4n) is 3.38. The maximum absolute atomic E-state index is 10.5. The lowest BCUT2D eigenvalue weighted by atomic mass is 9.80. The van der Waals surface area contributed by atoms with Crippen LogP contribution < -0.4 is 0 Å². The molecule has 0 aromatic heterocycles. The van der Waals surface area contributed by atoms with Crippen LogP contribution in [0.5, 0.6) is 5.75 Å². The van der Waals surface area contributed by atoms with Gasteiger partial charge in [-0.2, -0.15) is 0 Å². The van der Waals surface area contributed by atoms with Gasteiger partial charge in [-0.25, -0.2) is 0 Å². The minimum atomic E-state index is -0.309. The van der Waals surface area contributed by atoms with Crippen LogP contribution in [0.4, 0.5) is 0 Å². The Morgan fingerprint density at radius 2 is 1.59 bits per heavy atom. The number of benzene rings is 3.